The second kappa shape index (κ2) is 10.9. The number of carbonyl (C=O) groups excluding carboxylic acids is 1. The van der Waals surface area contributed by atoms with Gasteiger partial charge in [0, 0.05) is 44.2 Å². The molecule has 1 aliphatic heterocycles. The Kier molecular flexibility index (Phi) is 7.97. The number of pyridine rings is 2. The number of carbonyl (C=O) groups is 1. The number of piperazine rings is 1. The van der Waals surface area contributed by atoms with Gasteiger partial charge in [-0.3, -0.25) is 14.7 Å². The number of likely N-dealkylation sites (N-methyl/N-ethyl adjacent to an activating group) is 1. The minimum Gasteiger partial charge on any atom is -0.393 e. The molecule has 0 unspecified atom stereocenters. The van der Waals surface area contributed by atoms with Gasteiger partial charge in [0.1, 0.15) is 12.1 Å². The molecule has 0 aromatic carbocycles. The predicted octanol–water partition coefficient (Wildman–Crippen LogP) is 3.49. The van der Waals surface area contributed by atoms with E-state index < -0.39 is 0 Å². The van der Waals surface area contributed by atoms with E-state index in [0.29, 0.717) is 13.1 Å². The van der Waals surface area contributed by atoms with Crippen molar-refractivity contribution in [3.63, 3.8) is 0 Å². The second-order valence-corrected chi connectivity index (χ2v) is 10.2. The summed E-state index contributed by atoms with van der Waals surface area (Å²) in [5.41, 5.74) is 6.91. The number of rotatable bonds is 6. The third-order valence-electron chi connectivity index (χ3n) is 7.21. The van der Waals surface area contributed by atoms with Crippen LogP contribution in [-0.2, 0) is 23.4 Å². The van der Waals surface area contributed by atoms with E-state index in [2.05, 4.69) is 65.9 Å². The van der Waals surface area contributed by atoms with Crippen molar-refractivity contribution in [1.82, 2.24) is 34.4 Å². The molecule has 195 valence electrons. The molecule has 1 saturated heterocycles. The van der Waals surface area contributed by atoms with Crippen LogP contribution >= 0.6 is 0 Å². The van der Waals surface area contributed by atoms with E-state index in [-0.39, 0.29) is 36.4 Å². The maximum Gasteiger partial charge on any atom is 0.237 e. The third kappa shape index (κ3) is 5.13. The van der Waals surface area contributed by atoms with Crippen LogP contribution in [0.3, 0.4) is 0 Å². The van der Waals surface area contributed by atoms with E-state index >= 15 is 0 Å². The summed E-state index contributed by atoms with van der Waals surface area (Å²) < 4.78 is 1.80. The van der Waals surface area contributed by atoms with Crippen molar-refractivity contribution in [3.05, 3.63) is 41.9 Å². The van der Waals surface area contributed by atoms with Crippen LogP contribution in [0.4, 0.5) is 5.82 Å². The van der Waals surface area contributed by atoms with Crippen LogP contribution in [0.5, 0.6) is 0 Å². The third-order valence-corrected chi connectivity index (χ3v) is 7.21. The monoisotopic (exact) mass is 538 g/mol. The average Bonchev–Trinajstić information content (AvgIpc) is 3.48. The van der Waals surface area contributed by atoms with Gasteiger partial charge in [0.25, 0.3) is 0 Å². The fourth-order valence-electron chi connectivity index (χ4n) is 5.15. The van der Waals surface area contributed by atoms with Gasteiger partial charge in [-0.2, -0.15) is 5.10 Å². The van der Waals surface area contributed by atoms with Crippen LogP contribution < -0.4 is 4.90 Å². The Labute approximate surface area is 230 Å². The Morgan fingerprint density at radius 2 is 2.08 bits per heavy atom. The Morgan fingerprint density at radius 1 is 1.30 bits per heavy atom. The SMILES string of the molecule is CCN(C)CC(=O)N1CCN(c2ccc3[nH]c(-c4[c-]c(C)c5ncnn5c4)c(C(C)C)c3n2)C[C@H]1C.[V]. The van der Waals surface area contributed by atoms with E-state index in [9.17, 15) is 4.79 Å². The van der Waals surface area contributed by atoms with Crippen molar-refractivity contribution in [2.24, 2.45) is 0 Å². The molecule has 37 heavy (non-hydrogen) atoms. The molecule has 1 N–H and O–H groups in total. The summed E-state index contributed by atoms with van der Waals surface area (Å²) in [5.74, 6) is 1.41. The molecule has 0 bridgehead atoms. The van der Waals surface area contributed by atoms with Gasteiger partial charge in [-0.25, -0.2) is 4.98 Å². The quantitative estimate of drug-likeness (QED) is 0.379. The van der Waals surface area contributed by atoms with Crippen LogP contribution in [0.25, 0.3) is 27.9 Å². The molecule has 5 heterocycles. The van der Waals surface area contributed by atoms with Gasteiger partial charge in [0.05, 0.1) is 23.2 Å². The van der Waals surface area contributed by atoms with E-state index in [1.54, 1.807) is 10.8 Å². The first-order chi connectivity index (χ1) is 17.3. The number of fused-ring (bicyclic) bond motifs is 2. The molecular formula is C27H35N8OV-. The molecule has 0 saturated carbocycles. The number of aromatic nitrogens is 5. The van der Waals surface area contributed by atoms with Gasteiger partial charge in [-0.15, -0.1) is 11.6 Å². The summed E-state index contributed by atoms with van der Waals surface area (Å²) in [6.07, 6.45) is 3.54. The van der Waals surface area contributed by atoms with Gasteiger partial charge in [0.15, 0.2) is 0 Å². The van der Waals surface area contributed by atoms with Crippen LogP contribution in [0, 0.1) is 13.0 Å². The first-order valence-electron chi connectivity index (χ1n) is 12.7. The topological polar surface area (TPSA) is 85.7 Å². The Hall–Kier alpha value is -2.88. The molecule has 1 atom stereocenters. The van der Waals surface area contributed by atoms with Crippen LogP contribution in [0.1, 0.15) is 44.7 Å². The van der Waals surface area contributed by atoms with Gasteiger partial charge in [-0.05, 0) is 49.8 Å². The summed E-state index contributed by atoms with van der Waals surface area (Å²) in [4.78, 5) is 32.2. The fourth-order valence-corrected chi connectivity index (χ4v) is 5.15. The van der Waals surface area contributed by atoms with Crippen LogP contribution in [-0.4, -0.2) is 86.1 Å². The van der Waals surface area contributed by atoms with Crippen molar-refractivity contribution in [2.75, 3.05) is 44.7 Å². The number of aromatic amines is 1. The summed E-state index contributed by atoms with van der Waals surface area (Å²) >= 11 is 0. The van der Waals surface area contributed by atoms with E-state index in [1.165, 1.54) is 5.56 Å². The average molecular weight is 539 g/mol. The van der Waals surface area contributed by atoms with Crippen LogP contribution in [0.15, 0.2) is 24.7 Å². The number of amides is 1. The smallest absolute Gasteiger partial charge is 0.237 e. The molecule has 0 spiro atoms. The minimum atomic E-state index is 0. The number of anilines is 1. The molecule has 4 aromatic heterocycles. The van der Waals surface area contributed by atoms with Crippen molar-refractivity contribution in [3.8, 4) is 11.3 Å². The number of hydrogen-bond donors (Lipinski definition) is 1. The Bertz CT molecular complexity index is 1410. The number of aryl methyl sites for hydroxylation is 1. The van der Waals surface area contributed by atoms with Gasteiger partial charge >= 0.3 is 0 Å². The zero-order chi connectivity index (χ0) is 25.6. The van der Waals surface area contributed by atoms with E-state index in [4.69, 9.17) is 4.98 Å². The maximum atomic E-state index is 12.8. The molecule has 9 nitrogen and oxygen atoms in total. The molecular weight excluding hydrogens is 503 g/mol. The van der Waals surface area contributed by atoms with Crippen molar-refractivity contribution in [1.29, 1.82) is 0 Å². The molecule has 10 heteroatoms. The van der Waals surface area contributed by atoms with Gasteiger partial charge in [-0.1, -0.05) is 39.5 Å². The van der Waals surface area contributed by atoms with Crippen molar-refractivity contribution >= 4 is 28.4 Å². The second-order valence-electron chi connectivity index (χ2n) is 10.2. The largest absolute Gasteiger partial charge is 0.393 e. The molecule has 1 aliphatic rings. The van der Waals surface area contributed by atoms with E-state index in [1.807, 2.05) is 30.0 Å². The molecule has 5 rings (SSSR count). The fraction of sp³-hybridized carbons (Fsp3) is 0.481. The predicted molar refractivity (Wildman–Crippen MR) is 142 cm³/mol. The number of nitrogens with zero attached hydrogens (tertiary/aromatic N) is 7. The summed E-state index contributed by atoms with van der Waals surface area (Å²) in [7, 11) is 1.98. The number of nitrogens with one attached hydrogen (secondary N) is 1. The Balaban J connectivity index is 0.00000320. The normalized spacial score (nSPS) is 16.3. The summed E-state index contributed by atoms with van der Waals surface area (Å²) in [6, 6.07) is 7.82. The van der Waals surface area contributed by atoms with Crippen molar-refractivity contribution < 1.29 is 23.4 Å². The zero-order valence-corrected chi connectivity index (χ0v) is 23.9. The zero-order valence-electron chi connectivity index (χ0n) is 22.5. The van der Waals surface area contributed by atoms with Crippen LogP contribution in [0.2, 0.25) is 0 Å². The van der Waals surface area contributed by atoms with Gasteiger partial charge < -0.3 is 19.3 Å². The van der Waals surface area contributed by atoms with Gasteiger partial charge in [0.2, 0.25) is 5.91 Å². The van der Waals surface area contributed by atoms with Crippen molar-refractivity contribution in [2.45, 2.75) is 46.6 Å². The molecule has 1 amide bonds. The molecule has 1 radical (unpaired) electrons. The summed E-state index contributed by atoms with van der Waals surface area (Å²) in [5, 5.41) is 4.33. The molecule has 0 aliphatic carbocycles. The first-order valence-corrected chi connectivity index (χ1v) is 12.7. The maximum absolute atomic E-state index is 12.8. The first kappa shape index (κ1) is 27.2. The molecule has 4 aromatic rings. The van der Waals surface area contributed by atoms with E-state index in [0.717, 1.165) is 59.0 Å². The minimum absolute atomic E-state index is 0. The number of hydrogen-bond acceptors (Lipinski definition) is 6. The standard InChI is InChI=1S/C27H35N8O.V/c1-7-32(6)15-23(36)34-11-10-33(13-19(34)5)22-9-8-21-26(31-22)24(17(2)3)25(30-21)20-12-18(4)27-28-16-29-35(27)14-20;/h8-9,14,16-17,19,30H,7,10-11,13,15H2,1-6H3;/q-1;/t19-;/m1./s1. The number of H-pyrrole nitrogens is 1. The Morgan fingerprint density at radius 3 is 2.78 bits per heavy atom. The molecule has 1 fully saturated rings. The summed E-state index contributed by atoms with van der Waals surface area (Å²) in [6.45, 7) is 14.2.